The fourth-order valence-electron chi connectivity index (χ4n) is 3.30. The summed E-state index contributed by atoms with van der Waals surface area (Å²) in [7, 11) is 0. The van der Waals surface area contributed by atoms with Crippen LogP contribution in [-0.2, 0) is 13.0 Å². The van der Waals surface area contributed by atoms with Gasteiger partial charge in [-0.25, -0.2) is 0 Å². The largest absolute Gasteiger partial charge is 0.472 e. The van der Waals surface area contributed by atoms with Gasteiger partial charge in [0.05, 0.1) is 30.6 Å². The second kappa shape index (κ2) is 6.35. The van der Waals surface area contributed by atoms with Crippen LogP contribution in [0.25, 0.3) is 0 Å². The summed E-state index contributed by atoms with van der Waals surface area (Å²) in [5.41, 5.74) is 4.14. The van der Waals surface area contributed by atoms with Gasteiger partial charge in [-0.3, -0.25) is 9.48 Å². The minimum atomic E-state index is -0.0996. The lowest BCUT2D eigenvalue weighted by Gasteiger charge is -2.24. The summed E-state index contributed by atoms with van der Waals surface area (Å²) in [6.07, 6.45) is 7.87. The first kappa shape index (κ1) is 14.8. The average Bonchev–Trinajstić information content (AvgIpc) is 3.27. The number of hydrogen-bond acceptors (Lipinski definition) is 3. The van der Waals surface area contributed by atoms with Crippen LogP contribution in [0, 0.1) is 0 Å². The second-order valence-electron chi connectivity index (χ2n) is 6.12. The third-order valence-corrected chi connectivity index (χ3v) is 4.53. The van der Waals surface area contributed by atoms with Crippen LogP contribution in [0.4, 0.5) is 0 Å². The number of carbonyl (C=O) groups excluding carboxylic acids is 1. The lowest BCUT2D eigenvalue weighted by molar-refractivity contribution is 0.0932. The molecule has 24 heavy (non-hydrogen) atoms. The van der Waals surface area contributed by atoms with E-state index in [0.29, 0.717) is 5.56 Å². The Bertz CT molecular complexity index is 822. The molecule has 1 aliphatic rings. The highest BCUT2D eigenvalue weighted by Crippen LogP contribution is 2.30. The number of nitrogens with zero attached hydrogens (tertiary/aromatic N) is 2. The number of benzene rings is 1. The maximum atomic E-state index is 12.3. The molecule has 0 saturated heterocycles. The van der Waals surface area contributed by atoms with E-state index in [9.17, 15) is 4.79 Å². The predicted molar refractivity (Wildman–Crippen MR) is 89.6 cm³/mol. The Morgan fingerprint density at radius 2 is 2.17 bits per heavy atom. The maximum absolute atomic E-state index is 12.3. The zero-order valence-corrected chi connectivity index (χ0v) is 13.3. The molecule has 1 amide bonds. The van der Waals surface area contributed by atoms with Gasteiger partial charge >= 0.3 is 0 Å². The van der Waals surface area contributed by atoms with E-state index in [4.69, 9.17) is 4.42 Å². The number of fused-ring (bicyclic) bond motifs is 1. The van der Waals surface area contributed by atoms with Gasteiger partial charge in [-0.15, -0.1) is 0 Å². The number of hydrogen-bond donors (Lipinski definition) is 1. The standard InChI is InChI=1S/C19H19N3O2/c23-19(15-9-10-24-13-15)21-17-7-4-8-18-16(17)11-20-22(18)12-14-5-2-1-3-6-14/h1-3,5-6,9-11,13,17H,4,7-8,12H2,(H,21,23)/t17-/m1/s1. The summed E-state index contributed by atoms with van der Waals surface area (Å²) in [4.78, 5) is 12.3. The SMILES string of the molecule is O=C(N[C@@H]1CCCc2c1cnn2Cc1ccccc1)c1ccoc1. The first-order valence-corrected chi connectivity index (χ1v) is 8.23. The van der Waals surface area contributed by atoms with Gasteiger partial charge in [0.25, 0.3) is 5.91 Å². The van der Waals surface area contributed by atoms with Gasteiger partial charge in [-0.05, 0) is 30.9 Å². The summed E-state index contributed by atoms with van der Waals surface area (Å²) in [6, 6.07) is 12.0. The summed E-state index contributed by atoms with van der Waals surface area (Å²) in [6.45, 7) is 0.762. The molecule has 1 aromatic carbocycles. The zero-order valence-electron chi connectivity index (χ0n) is 13.3. The Kier molecular flexibility index (Phi) is 3.91. The Labute approximate surface area is 140 Å². The molecular formula is C19H19N3O2. The summed E-state index contributed by atoms with van der Waals surface area (Å²) in [5, 5.41) is 7.66. The Morgan fingerprint density at radius 3 is 2.96 bits per heavy atom. The molecule has 0 bridgehead atoms. The van der Waals surface area contributed by atoms with E-state index in [-0.39, 0.29) is 11.9 Å². The molecule has 5 heteroatoms. The highest BCUT2D eigenvalue weighted by Gasteiger charge is 2.26. The third kappa shape index (κ3) is 2.85. The van der Waals surface area contributed by atoms with Crippen molar-refractivity contribution < 1.29 is 9.21 Å². The van der Waals surface area contributed by atoms with Crippen molar-refractivity contribution in [3.05, 3.63) is 77.5 Å². The van der Waals surface area contributed by atoms with Gasteiger partial charge in [0, 0.05) is 11.3 Å². The molecule has 0 saturated carbocycles. The minimum Gasteiger partial charge on any atom is -0.472 e. The molecule has 0 fully saturated rings. The molecule has 0 spiro atoms. The Balaban J connectivity index is 1.54. The van der Waals surface area contributed by atoms with Crippen molar-refractivity contribution in [1.82, 2.24) is 15.1 Å². The molecule has 0 aliphatic heterocycles. The third-order valence-electron chi connectivity index (χ3n) is 4.53. The van der Waals surface area contributed by atoms with Crippen LogP contribution in [0.1, 0.15) is 46.1 Å². The number of nitrogens with one attached hydrogen (secondary N) is 1. The topological polar surface area (TPSA) is 60.1 Å². The van der Waals surface area contributed by atoms with Crippen LogP contribution in [0.15, 0.2) is 59.5 Å². The van der Waals surface area contributed by atoms with E-state index in [1.54, 1.807) is 6.07 Å². The van der Waals surface area contributed by atoms with Gasteiger partial charge in [0.2, 0.25) is 0 Å². The monoisotopic (exact) mass is 321 g/mol. The number of rotatable bonds is 4. The summed E-state index contributed by atoms with van der Waals surface area (Å²) < 4.78 is 7.04. The van der Waals surface area contributed by atoms with E-state index in [1.165, 1.54) is 23.8 Å². The molecule has 0 unspecified atom stereocenters. The molecule has 3 aromatic rings. The molecule has 2 aromatic heterocycles. The van der Waals surface area contributed by atoms with Crippen LogP contribution in [0.5, 0.6) is 0 Å². The maximum Gasteiger partial charge on any atom is 0.255 e. The van der Waals surface area contributed by atoms with Gasteiger partial charge in [0.1, 0.15) is 6.26 Å². The van der Waals surface area contributed by atoms with Crippen molar-refractivity contribution in [2.45, 2.75) is 31.8 Å². The van der Waals surface area contributed by atoms with E-state index in [2.05, 4.69) is 27.2 Å². The first-order valence-electron chi connectivity index (χ1n) is 8.23. The first-order chi connectivity index (χ1) is 11.8. The molecule has 5 nitrogen and oxygen atoms in total. The quantitative estimate of drug-likeness (QED) is 0.802. The fraction of sp³-hybridized carbons (Fsp3) is 0.263. The van der Waals surface area contributed by atoms with Gasteiger partial charge in [0.15, 0.2) is 0 Å². The van der Waals surface area contributed by atoms with Crippen LogP contribution in [0.2, 0.25) is 0 Å². The molecule has 1 atom stereocenters. The highest BCUT2D eigenvalue weighted by atomic mass is 16.3. The fourth-order valence-corrected chi connectivity index (χ4v) is 3.30. The summed E-state index contributed by atoms with van der Waals surface area (Å²) in [5.74, 6) is -0.0996. The summed E-state index contributed by atoms with van der Waals surface area (Å²) >= 11 is 0. The van der Waals surface area contributed by atoms with Crippen molar-refractivity contribution in [1.29, 1.82) is 0 Å². The van der Waals surface area contributed by atoms with E-state index in [0.717, 1.165) is 31.4 Å². The van der Waals surface area contributed by atoms with E-state index < -0.39 is 0 Å². The van der Waals surface area contributed by atoms with Crippen LogP contribution < -0.4 is 5.32 Å². The van der Waals surface area contributed by atoms with Gasteiger partial charge in [-0.2, -0.15) is 5.10 Å². The van der Waals surface area contributed by atoms with Crippen molar-refractivity contribution in [2.24, 2.45) is 0 Å². The van der Waals surface area contributed by atoms with Crippen molar-refractivity contribution in [3.63, 3.8) is 0 Å². The predicted octanol–water partition coefficient (Wildman–Crippen LogP) is 3.33. The van der Waals surface area contributed by atoms with Crippen LogP contribution in [-0.4, -0.2) is 15.7 Å². The molecule has 2 heterocycles. The molecule has 122 valence electrons. The molecular weight excluding hydrogens is 302 g/mol. The van der Waals surface area contributed by atoms with Crippen LogP contribution in [0.3, 0.4) is 0 Å². The molecule has 1 N–H and O–H groups in total. The van der Waals surface area contributed by atoms with Crippen molar-refractivity contribution in [2.75, 3.05) is 0 Å². The van der Waals surface area contributed by atoms with Crippen LogP contribution >= 0.6 is 0 Å². The van der Waals surface area contributed by atoms with Gasteiger partial charge in [-0.1, -0.05) is 30.3 Å². The lowest BCUT2D eigenvalue weighted by atomic mass is 9.92. The van der Waals surface area contributed by atoms with E-state index >= 15 is 0 Å². The molecule has 0 radical (unpaired) electrons. The minimum absolute atomic E-state index is 0.0145. The number of carbonyl (C=O) groups is 1. The second-order valence-corrected chi connectivity index (χ2v) is 6.12. The molecule has 4 rings (SSSR count). The number of furan rings is 1. The van der Waals surface area contributed by atoms with Crippen molar-refractivity contribution >= 4 is 5.91 Å². The highest BCUT2D eigenvalue weighted by molar-refractivity contribution is 5.94. The Hall–Kier alpha value is -2.82. The van der Waals surface area contributed by atoms with E-state index in [1.807, 2.05) is 24.4 Å². The smallest absolute Gasteiger partial charge is 0.255 e. The molecule has 1 aliphatic carbocycles. The van der Waals surface area contributed by atoms with Crippen molar-refractivity contribution in [3.8, 4) is 0 Å². The average molecular weight is 321 g/mol. The number of amides is 1. The normalized spacial score (nSPS) is 16.6. The Morgan fingerprint density at radius 1 is 1.29 bits per heavy atom. The lowest BCUT2D eigenvalue weighted by Crippen LogP contribution is -2.30. The zero-order chi connectivity index (χ0) is 16.4. The van der Waals surface area contributed by atoms with Gasteiger partial charge < -0.3 is 9.73 Å². The number of aromatic nitrogens is 2.